The number of thiol groups is 1. The Morgan fingerprint density at radius 3 is 2.60 bits per heavy atom. The maximum atomic E-state index is 13.1. The topological polar surface area (TPSA) is 178 Å². The van der Waals surface area contributed by atoms with Crippen LogP contribution in [-0.4, -0.2) is 86.4 Å². The van der Waals surface area contributed by atoms with E-state index in [1.165, 1.54) is 11.8 Å². The van der Waals surface area contributed by atoms with Gasteiger partial charge in [-0.2, -0.15) is 12.6 Å². The highest BCUT2D eigenvalue weighted by Crippen LogP contribution is 2.21. The van der Waals surface area contributed by atoms with Crippen molar-refractivity contribution in [3.63, 3.8) is 0 Å². The molecule has 0 aliphatic carbocycles. The Morgan fingerprint density at radius 1 is 1.23 bits per heavy atom. The molecule has 1 saturated heterocycles. The first-order valence-electron chi connectivity index (χ1n) is 11.4. The van der Waals surface area contributed by atoms with Crippen molar-refractivity contribution in [2.75, 3.05) is 12.3 Å². The number of carboxylic acids is 1. The summed E-state index contributed by atoms with van der Waals surface area (Å²) in [4.78, 5) is 54.7. The molecule has 7 N–H and O–H groups in total. The number of hydrogen-bond acceptors (Lipinski definition) is 7. The number of nitrogens with one attached hydrogen (secondary N) is 3. The average molecular weight is 506 g/mol. The summed E-state index contributed by atoms with van der Waals surface area (Å²) in [6, 6.07) is 3.12. The van der Waals surface area contributed by atoms with Gasteiger partial charge in [-0.25, -0.2) is 4.79 Å². The third-order valence-electron chi connectivity index (χ3n) is 6.17. The minimum atomic E-state index is -1.22. The van der Waals surface area contributed by atoms with Gasteiger partial charge in [-0.1, -0.05) is 18.2 Å². The standard InChI is InChI=1S/C23H31N5O6S/c1-12(29)19(24)21(31)27-17(11-35)22(32)28-8-4-7-18(28)20(30)26-16(23(33)34)9-13-10-25-15-6-3-2-5-14(13)15/h2-3,5-6,10,12,16-19,25,29,35H,4,7-9,11,24H2,1H3,(H,26,30)(H,27,31)(H,33,34). The van der Waals surface area contributed by atoms with Gasteiger partial charge in [0.2, 0.25) is 17.7 Å². The second kappa shape index (κ2) is 11.6. The highest BCUT2D eigenvalue weighted by atomic mass is 32.1. The van der Waals surface area contributed by atoms with E-state index in [9.17, 15) is 29.4 Å². The minimum absolute atomic E-state index is 0.0414. The number of fused-ring (bicyclic) bond motifs is 1. The van der Waals surface area contributed by atoms with Crippen molar-refractivity contribution in [2.45, 2.75) is 56.5 Å². The summed E-state index contributed by atoms with van der Waals surface area (Å²) in [7, 11) is 0. The normalized spacial score (nSPS) is 19.1. The monoisotopic (exact) mass is 505 g/mol. The van der Waals surface area contributed by atoms with Crippen LogP contribution in [0.4, 0.5) is 0 Å². The number of H-pyrrole nitrogens is 1. The third kappa shape index (κ3) is 6.13. The van der Waals surface area contributed by atoms with Crippen LogP contribution >= 0.6 is 12.6 Å². The molecule has 35 heavy (non-hydrogen) atoms. The highest BCUT2D eigenvalue weighted by Gasteiger charge is 2.39. The number of nitrogens with zero attached hydrogens (tertiary/aromatic N) is 1. The number of nitrogens with two attached hydrogens (primary N) is 1. The van der Waals surface area contributed by atoms with E-state index >= 15 is 0 Å². The molecule has 12 heteroatoms. The van der Waals surface area contributed by atoms with E-state index in [0.29, 0.717) is 12.8 Å². The average Bonchev–Trinajstić information content (AvgIpc) is 3.48. The quantitative estimate of drug-likeness (QED) is 0.211. The highest BCUT2D eigenvalue weighted by molar-refractivity contribution is 7.80. The Kier molecular flexibility index (Phi) is 8.76. The van der Waals surface area contributed by atoms with Gasteiger partial charge in [0, 0.05) is 35.8 Å². The first kappa shape index (κ1) is 26.5. The Bertz CT molecular complexity index is 1090. The van der Waals surface area contributed by atoms with E-state index in [4.69, 9.17) is 5.73 Å². The third-order valence-corrected chi connectivity index (χ3v) is 6.54. The molecule has 11 nitrogen and oxygen atoms in total. The number of aliphatic hydroxyl groups is 1. The van der Waals surface area contributed by atoms with Gasteiger partial charge in [0.15, 0.2) is 0 Å². The molecule has 3 amide bonds. The Morgan fingerprint density at radius 2 is 1.94 bits per heavy atom. The van der Waals surface area contributed by atoms with Crippen LogP contribution in [0.3, 0.4) is 0 Å². The molecule has 2 aromatic rings. The lowest BCUT2D eigenvalue weighted by Gasteiger charge is -2.29. The minimum Gasteiger partial charge on any atom is -0.480 e. The van der Waals surface area contributed by atoms with E-state index in [2.05, 4.69) is 28.2 Å². The van der Waals surface area contributed by atoms with Crippen molar-refractivity contribution in [3.05, 3.63) is 36.0 Å². The van der Waals surface area contributed by atoms with Crippen LogP contribution in [0.2, 0.25) is 0 Å². The molecule has 2 heterocycles. The Balaban J connectivity index is 1.69. The lowest BCUT2D eigenvalue weighted by molar-refractivity contribution is -0.144. The zero-order valence-corrected chi connectivity index (χ0v) is 20.2. The van der Waals surface area contributed by atoms with Gasteiger partial charge >= 0.3 is 5.97 Å². The van der Waals surface area contributed by atoms with Gasteiger partial charge in [-0.15, -0.1) is 0 Å². The summed E-state index contributed by atoms with van der Waals surface area (Å²) in [5, 5.41) is 25.2. The second-order valence-corrected chi connectivity index (χ2v) is 9.03. The van der Waals surface area contributed by atoms with Crippen molar-refractivity contribution >= 4 is 47.2 Å². The number of carboxylic acid groups (broad SMARTS) is 1. The van der Waals surface area contributed by atoms with Crippen LogP contribution in [0.1, 0.15) is 25.3 Å². The molecular formula is C23H31N5O6S. The molecule has 0 radical (unpaired) electrons. The SMILES string of the molecule is CC(O)C(N)C(=O)NC(CS)C(=O)N1CCCC1C(=O)NC(Cc1c[nH]c2ccccc12)C(=O)O. The summed E-state index contributed by atoms with van der Waals surface area (Å²) in [5.74, 6) is -3.04. The number of aliphatic hydroxyl groups excluding tert-OH is 1. The van der Waals surface area contributed by atoms with Gasteiger partial charge in [0.25, 0.3) is 0 Å². The maximum absolute atomic E-state index is 13.1. The summed E-state index contributed by atoms with van der Waals surface area (Å²) < 4.78 is 0. The number of carbonyl (C=O) groups is 4. The summed E-state index contributed by atoms with van der Waals surface area (Å²) in [6.45, 7) is 1.64. The molecule has 5 unspecified atom stereocenters. The number of aliphatic carboxylic acids is 1. The largest absolute Gasteiger partial charge is 0.480 e. The van der Waals surface area contributed by atoms with Gasteiger partial charge in [-0.05, 0) is 31.4 Å². The number of amides is 3. The van der Waals surface area contributed by atoms with Gasteiger partial charge in [-0.3, -0.25) is 14.4 Å². The fourth-order valence-corrected chi connectivity index (χ4v) is 4.41. The molecule has 0 saturated carbocycles. The maximum Gasteiger partial charge on any atom is 0.326 e. The van der Waals surface area contributed by atoms with E-state index < -0.39 is 54.0 Å². The molecule has 0 bridgehead atoms. The van der Waals surface area contributed by atoms with Crippen LogP contribution in [0.25, 0.3) is 10.9 Å². The zero-order valence-electron chi connectivity index (χ0n) is 19.3. The molecule has 1 fully saturated rings. The number of rotatable bonds is 10. The van der Waals surface area contributed by atoms with Crippen LogP contribution in [0.5, 0.6) is 0 Å². The van der Waals surface area contributed by atoms with E-state index in [1.54, 1.807) is 6.20 Å². The van der Waals surface area contributed by atoms with Crippen LogP contribution < -0.4 is 16.4 Å². The van der Waals surface area contributed by atoms with E-state index in [0.717, 1.165) is 16.5 Å². The molecule has 1 aromatic heterocycles. The Labute approximate surface area is 207 Å². The number of benzene rings is 1. The summed E-state index contributed by atoms with van der Waals surface area (Å²) in [5.41, 5.74) is 7.24. The van der Waals surface area contributed by atoms with Crippen molar-refractivity contribution in [3.8, 4) is 0 Å². The van der Waals surface area contributed by atoms with Gasteiger partial charge in [0.1, 0.15) is 24.2 Å². The number of aromatic nitrogens is 1. The van der Waals surface area contributed by atoms with Gasteiger partial charge in [0.05, 0.1) is 6.10 Å². The molecule has 0 spiro atoms. The molecule has 1 aliphatic rings. The van der Waals surface area contributed by atoms with Crippen molar-refractivity contribution in [2.24, 2.45) is 5.73 Å². The second-order valence-electron chi connectivity index (χ2n) is 8.66. The summed E-state index contributed by atoms with van der Waals surface area (Å²) in [6.07, 6.45) is 1.58. The Hall–Kier alpha value is -3.09. The molecular weight excluding hydrogens is 474 g/mol. The number of carbonyl (C=O) groups excluding carboxylic acids is 3. The summed E-state index contributed by atoms with van der Waals surface area (Å²) >= 11 is 4.14. The van der Waals surface area contributed by atoms with E-state index in [1.807, 2.05) is 24.3 Å². The van der Waals surface area contributed by atoms with Crippen LogP contribution in [0.15, 0.2) is 30.5 Å². The zero-order chi connectivity index (χ0) is 25.7. The molecule has 190 valence electrons. The fourth-order valence-electron chi connectivity index (χ4n) is 4.16. The number of aromatic amines is 1. The number of para-hydroxylation sites is 1. The molecule has 3 rings (SSSR count). The van der Waals surface area contributed by atoms with Gasteiger partial charge < -0.3 is 36.5 Å². The lowest BCUT2D eigenvalue weighted by Crippen LogP contribution is -2.58. The van der Waals surface area contributed by atoms with E-state index in [-0.39, 0.29) is 18.7 Å². The molecule has 1 aromatic carbocycles. The predicted octanol–water partition coefficient (Wildman–Crippen LogP) is -0.606. The predicted molar refractivity (Wildman–Crippen MR) is 132 cm³/mol. The smallest absolute Gasteiger partial charge is 0.326 e. The van der Waals surface area contributed by atoms with Crippen molar-refractivity contribution in [1.29, 1.82) is 0 Å². The number of hydrogen-bond donors (Lipinski definition) is 7. The number of likely N-dealkylation sites (tertiary alicyclic amines) is 1. The molecule has 5 atom stereocenters. The van der Waals surface area contributed by atoms with Crippen LogP contribution in [-0.2, 0) is 25.6 Å². The fraction of sp³-hybridized carbons (Fsp3) is 0.478. The lowest BCUT2D eigenvalue weighted by atomic mass is 10.0. The first-order valence-corrected chi connectivity index (χ1v) is 12.0. The molecule has 1 aliphatic heterocycles. The van der Waals surface area contributed by atoms with Crippen molar-refractivity contribution < 1.29 is 29.4 Å². The van der Waals surface area contributed by atoms with Crippen molar-refractivity contribution in [1.82, 2.24) is 20.5 Å². The van der Waals surface area contributed by atoms with Crippen LogP contribution in [0, 0.1) is 0 Å². The first-order chi connectivity index (χ1) is 16.6.